The number of ketones is 1. The Bertz CT molecular complexity index is 523. The molecule has 2 rings (SSSR count). The predicted molar refractivity (Wildman–Crippen MR) is 69.6 cm³/mol. The van der Waals surface area contributed by atoms with Crippen molar-refractivity contribution in [1.29, 1.82) is 0 Å². The zero-order valence-electron chi connectivity index (χ0n) is 10.3. The third-order valence-corrected chi connectivity index (χ3v) is 2.60. The average molecular weight is 241 g/mol. The van der Waals surface area contributed by atoms with Crippen molar-refractivity contribution in [3.8, 4) is 5.75 Å². The Morgan fingerprint density at radius 1 is 1.22 bits per heavy atom. The van der Waals surface area contributed by atoms with Gasteiger partial charge in [0.15, 0.2) is 5.78 Å². The fraction of sp³-hybridized carbons (Fsp3) is 0.200. The van der Waals surface area contributed by atoms with Crippen LogP contribution in [0.3, 0.4) is 0 Å². The standard InChI is InChI=1S/C15H15NO2/c1-2-15(17)13-8-14(10-16-9-13)18-11-12-6-4-3-5-7-12/h3-10H,2,11H2,1H3. The van der Waals surface area contributed by atoms with Gasteiger partial charge in [-0.3, -0.25) is 9.78 Å². The first-order valence-electron chi connectivity index (χ1n) is 5.94. The molecule has 1 heterocycles. The van der Waals surface area contributed by atoms with Crippen LogP contribution in [0.4, 0.5) is 0 Å². The van der Waals surface area contributed by atoms with Gasteiger partial charge in [0.05, 0.1) is 6.20 Å². The molecule has 3 nitrogen and oxygen atoms in total. The zero-order chi connectivity index (χ0) is 12.8. The summed E-state index contributed by atoms with van der Waals surface area (Å²) in [5.41, 5.74) is 1.69. The number of nitrogens with zero attached hydrogens (tertiary/aromatic N) is 1. The fourth-order valence-corrected chi connectivity index (χ4v) is 1.60. The van der Waals surface area contributed by atoms with Gasteiger partial charge in [-0.15, -0.1) is 0 Å². The van der Waals surface area contributed by atoms with Crippen LogP contribution in [0.1, 0.15) is 29.3 Å². The Labute approximate surface area is 106 Å². The number of pyridine rings is 1. The molecular weight excluding hydrogens is 226 g/mol. The molecule has 0 unspecified atom stereocenters. The molecule has 1 aromatic heterocycles. The molecule has 0 N–H and O–H groups in total. The van der Waals surface area contributed by atoms with Crippen molar-refractivity contribution in [2.45, 2.75) is 20.0 Å². The van der Waals surface area contributed by atoms with Crippen LogP contribution in [0.25, 0.3) is 0 Å². The molecule has 18 heavy (non-hydrogen) atoms. The van der Waals surface area contributed by atoms with Crippen LogP contribution in [-0.4, -0.2) is 10.8 Å². The lowest BCUT2D eigenvalue weighted by atomic mass is 10.1. The molecule has 0 spiro atoms. The van der Waals surface area contributed by atoms with Crippen LogP contribution in [-0.2, 0) is 6.61 Å². The highest BCUT2D eigenvalue weighted by Gasteiger charge is 2.05. The molecule has 0 radical (unpaired) electrons. The smallest absolute Gasteiger partial charge is 0.164 e. The van der Waals surface area contributed by atoms with Crippen molar-refractivity contribution in [3.05, 3.63) is 59.9 Å². The summed E-state index contributed by atoms with van der Waals surface area (Å²) >= 11 is 0. The van der Waals surface area contributed by atoms with Gasteiger partial charge in [0.2, 0.25) is 0 Å². The minimum absolute atomic E-state index is 0.0765. The number of hydrogen-bond acceptors (Lipinski definition) is 3. The maximum atomic E-state index is 11.5. The molecule has 0 saturated carbocycles. The summed E-state index contributed by atoms with van der Waals surface area (Å²) in [6.07, 6.45) is 3.67. The minimum atomic E-state index is 0.0765. The molecule has 0 aliphatic heterocycles. The molecule has 0 amide bonds. The van der Waals surface area contributed by atoms with Crippen molar-refractivity contribution >= 4 is 5.78 Å². The molecule has 0 saturated heterocycles. The van der Waals surface area contributed by atoms with Gasteiger partial charge in [-0.2, -0.15) is 0 Å². The third kappa shape index (κ3) is 3.17. The molecule has 3 heteroatoms. The van der Waals surface area contributed by atoms with Crippen molar-refractivity contribution in [2.75, 3.05) is 0 Å². The first-order valence-corrected chi connectivity index (χ1v) is 5.94. The van der Waals surface area contributed by atoms with Crippen LogP contribution in [0.5, 0.6) is 5.75 Å². The Kier molecular flexibility index (Phi) is 4.07. The highest BCUT2D eigenvalue weighted by Crippen LogP contribution is 2.14. The molecular formula is C15H15NO2. The Morgan fingerprint density at radius 3 is 2.72 bits per heavy atom. The second-order valence-electron chi connectivity index (χ2n) is 3.96. The Morgan fingerprint density at radius 2 is 2.00 bits per heavy atom. The number of aromatic nitrogens is 1. The minimum Gasteiger partial charge on any atom is -0.487 e. The number of carbonyl (C=O) groups excluding carboxylic acids is 1. The van der Waals surface area contributed by atoms with Crippen LogP contribution in [0.15, 0.2) is 48.8 Å². The average Bonchev–Trinajstić information content (AvgIpc) is 2.45. The molecule has 2 aromatic rings. The van der Waals surface area contributed by atoms with E-state index in [1.165, 1.54) is 0 Å². The summed E-state index contributed by atoms with van der Waals surface area (Å²) in [7, 11) is 0. The number of Topliss-reactive ketones (excluding diaryl/α,β-unsaturated/α-hetero) is 1. The largest absolute Gasteiger partial charge is 0.487 e. The number of ether oxygens (including phenoxy) is 1. The van der Waals surface area contributed by atoms with Gasteiger partial charge in [-0.05, 0) is 11.6 Å². The third-order valence-electron chi connectivity index (χ3n) is 2.60. The second kappa shape index (κ2) is 5.96. The van der Waals surface area contributed by atoms with Crippen molar-refractivity contribution in [2.24, 2.45) is 0 Å². The summed E-state index contributed by atoms with van der Waals surface area (Å²) in [5.74, 6) is 0.700. The van der Waals surface area contributed by atoms with E-state index in [0.29, 0.717) is 24.3 Å². The van der Waals surface area contributed by atoms with Crippen LogP contribution < -0.4 is 4.74 Å². The normalized spacial score (nSPS) is 10.1. The summed E-state index contributed by atoms with van der Waals surface area (Å²) in [6, 6.07) is 11.6. The lowest BCUT2D eigenvalue weighted by molar-refractivity contribution is 0.0987. The van der Waals surface area contributed by atoms with Gasteiger partial charge >= 0.3 is 0 Å². The van der Waals surface area contributed by atoms with E-state index in [1.807, 2.05) is 37.3 Å². The first-order chi connectivity index (χ1) is 8.79. The van der Waals surface area contributed by atoms with Gasteiger partial charge in [0.25, 0.3) is 0 Å². The number of benzene rings is 1. The van der Waals surface area contributed by atoms with E-state index in [0.717, 1.165) is 5.56 Å². The zero-order valence-corrected chi connectivity index (χ0v) is 10.3. The van der Waals surface area contributed by atoms with Crippen LogP contribution in [0, 0.1) is 0 Å². The highest BCUT2D eigenvalue weighted by molar-refractivity contribution is 5.95. The predicted octanol–water partition coefficient (Wildman–Crippen LogP) is 3.25. The lowest BCUT2D eigenvalue weighted by Crippen LogP contribution is -2.00. The number of rotatable bonds is 5. The number of hydrogen-bond donors (Lipinski definition) is 0. The molecule has 0 atom stereocenters. The summed E-state index contributed by atoms with van der Waals surface area (Å²) < 4.78 is 5.61. The molecule has 0 bridgehead atoms. The summed E-state index contributed by atoms with van der Waals surface area (Å²) in [5, 5.41) is 0. The van der Waals surface area contributed by atoms with E-state index >= 15 is 0 Å². The van der Waals surface area contributed by atoms with E-state index < -0.39 is 0 Å². The van der Waals surface area contributed by atoms with Gasteiger partial charge in [0, 0.05) is 18.2 Å². The van der Waals surface area contributed by atoms with Gasteiger partial charge in [-0.1, -0.05) is 37.3 Å². The van der Waals surface area contributed by atoms with Gasteiger partial charge < -0.3 is 4.74 Å². The van der Waals surface area contributed by atoms with Crippen LogP contribution >= 0.6 is 0 Å². The van der Waals surface area contributed by atoms with E-state index in [1.54, 1.807) is 18.5 Å². The second-order valence-corrected chi connectivity index (χ2v) is 3.96. The lowest BCUT2D eigenvalue weighted by Gasteiger charge is -2.06. The Balaban J connectivity index is 2.04. The molecule has 0 aliphatic carbocycles. The molecule has 1 aromatic carbocycles. The van der Waals surface area contributed by atoms with E-state index in [-0.39, 0.29) is 5.78 Å². The SMILES string of the molecule is CCC(=O)c1cncc(OCc2ccccc2)c1. The first kappa shape index (κ1) is 12.3. The quantitative estimate of drug-likeness (QED) is 0.754. The van der Waals surface area contributed by atoms with E-state index in [4.69, 9.17) is 4.74 Å². The highest BCUT2D eigenvalue weighted by atomic mass is 16.5. The fourth-order valence-electron chi connectivity index (χ4n) is 1.60. The van der Waals surface area contributed by atoms with Crippen LogP contribution in [0.2, 0.25) is 0 Å². The molecule has 0 aliphatic rings. The summed E-state index contributed by atoms with van der Waals surface area (Å²) in [6.45, 7) is 2.31. The molecule has 92 valence electrons. The maximum absolute atomic E-state index is 11.5. The monoisotopic (exact) mass is 241 g/mol. The Hall–Kier alpha value is -2.16. The number of carbonyl (C=O) groups is 1. The van der Waals surface area contributed by atoms with Crippen molar-refractivity contribution in [1.82, 2.24) is 4.98 Å². The molecule has 0 fully saturated rings. The maximum Gasteiger partial charge on any atom is 0.164 e. The van der Waals surface area contributed by atoms with Crippen molar-refractivity contribution < 1.29 is 9.53 Å². The summed E-state index contributed by atoms with van der Waals surface area (Å²) in [4.78, 5) is 15.6. The van der Waals surface area contributed by atoms with Crippen molar-refractivity contribution in [3.63, 3.8) is 0 Å². The van der Waals surface area contributed by atoms with Gasteiger partial charge in [-0.25, -0.2) is 0 Å². The topological polar surface area (TPSA) is 39.2 Å². The van der Waals surface area contributed by atoms with E-state index in [9.17, 15) is 4.79 Å². The van der Waals surface area contributed by atoms with Gasteiger partial charge in [0.1, 0.15) is 12.4 Å². The van der Waals surface area contributed by atoms with E-state index in [2.05, 4.69) is 4.98 Å².